The Labute approximate surface area is 179 Å². The molecule has 0 saturated heterocycles. The van der Waals surface area contributed by atoms with Crippen LogP contribution in [-0.4, -0.2) is 41.1 Å². The summed E-state index contributed by atoms with van der Waals surface area (Å²) in [6.45, 7) is 5.66. The first-order valence-electron chi connectivity index (χ1n) is 10.3. The second-order valence-electron chi connectivity index (χ2n) is 7.74. The van der Waals surface area contributed by atoms with Gasteiger partial charge >= 0.3 is 0 Å². The van der Waals surface area contributed by atoms with E-state index in [-0.39, 0.29) is 5.82 Å². The van der Waals surface area contributed by atoms with Crippen LogP contribution < -0.4 is 4.74 Å². The summed E-state index contributed by atoms with van der Waals surface area (Å²) < 4.78 is 20.8. The summed E-state index contributed by atoms with van der Waals surface area (Å²) in [6, 6.07) is 11.1. The number of benzene rings is 2. The molecular formula is C24H24FN3OS. The number of aromatic nitrogens is 2. The van der Waals surface area contributed by atoms with Crippen LogP contribution in [0.1, 0.15) is 23.4 Å². The van der Waals surface area contributed by atoms with Crippen molar-refractivity contribution in [3.63, 3.8) is 0 Å². The van der Waals surface area contributed by atoms with Gasteiger partial charge in [0, 0.05) is 48.4 Å². The summed E-state index contributed by atoms with van der Waals surface area (Å²) in [4.78, 5) is 10.2. The highest BCUT2D eigenvalue weighted by Crippen LogP contribution is 2.30. The third-order valence-corrected chi connectivity index (χ3v) is 6.59. The molecule has 0 atom stereocenters. The summed E-state index contributed by atoms with van der Waals surface area (Å²) in [5.41, 5.74) is 4.42. The molecule has 30 heavy (non-hydrogen) atoms. The van der Waals surface area contributed by atoms with Gasteiger partial charge in [-0.2, -0.15) is 0 Å². The second-order valence-corrected chi connectivity index (χ2v) is 8.97. The molecule has 154 valence electrons. The Morgan fingerprint density at radius 3 is 3.03 bits per heavy atom. The molecule has 5 rings (SSSR count). The first kappa shape index (κ1) is 19.3. The molecule has 0 bridgehead atoms. The molecule has 2 aromatic carbocycles. The minimum atomic E-state index is -0.189. The third-order valence-electron chi connectivity index (χ3n) is 5.64. The van der Waals surface area contributed by atoms with E-state index in [1.807, 2.05) is 25.3 Å². The normalized spacial score (nSPS) is 15.1. The topological polar surface area (TPSA) is 41.1 Å². The number of nitrogens with one attached hydrogen (secondary N) is 1. The maximum Gasteiger partial charge on any atom is 0.123 e. The van der Waals surface area contributed by atoms with E-state index in [1.165, 1.54) is 16.3 Å². The van der Waals surface area contributed by atoms with Crippen molar-refractivity contribution in [2.45, 2.75) is 19.8 Å². The number of aromatic amines is 1. The van der Waals surface area contributed by atoms with Gasteiger partial charge in [-0.15, -0.1) is 11.3 Å². The van der Waals surface area contributed by atoms with Crippen LogP contribution in [0.4, 0.5) is 4.39 Å². The van der Waals surface area contributed by atoms with Crippen molar-refractivity contribution < 1.29 is 9.13 Å². The second kappa shape index (κ2) is 8.20. The number of aryl methyl sites for hydroxylation is 1. The molecule has 0 aliphatic carbocycles. The van der Waals surface area contributed by atoms with Crippen molar-refractivity contribution in [2.75, 3.05) is 26.2 Å². The van der Waals surface area contributed by atoms with Crippen molar-refractivity contribution in [1.29, 1.82) is 0 Å². The molecule has 6 heteroatoms. The molecule has 1 aliphatic heterocycles. The average Bonchev–Trinajstić information content (AvgIpc) is 3.33. The molecule has 4 nitrogen and oxygen atoms in total. The predicted octanol–water partition coefficient (Wildman–Crippen LogP) is 5.78. The summed E-state index contributed by atoms with van der Waals surface area (Å²) in [7, 11) is 0. The lowest BCUT2D eigenvalue weighted by Crippen LogP contribution is -2.30. The van der Waals surface area contributed by atoms with E-state index in [9.17, 15) is 4.39 Å². The highest BCUT2D eigenvalue weighted by Gasteiger charge is 2.16. The molecule has 0 radical (unpaired) electrons. The van der Waals surface area contributed by atoms with Crippen LogP contribution in [0.25, 0.3) is 26.7 Å². The lowest BCUT2D eigenvalue weighted by molar-refractivity contribution is 0.248. The fraction of sp³-hybridized carbons (Fsp3) is 0.292. The van der Waals surface area contributed by atoms with Gasteiger partial charge in [-0.1, -0.05) is 6.08 Å². The number of ether oxygens (including phenoxy) is 1. The van der Waals surface area contributed by atoms with Gasteiger partial charge in [-0.05, 0) is 55.7 Å². The number of nitrogens with zero attached hydrogens (tertiary/aromatic N) is 2. The quantitative estimate of drug-likeness (QED) is 0.401. The first-order valence-corrected chi connectivity index (χ1v) is 11.2. The average molecular weight is 422 g/mol. The van der Waals surface area contributed by atoms with E-state index >= 15 is 0 Å². The van der Waals surface area contributed by atoms with E-state index in [2.05, 4.69) is 27.0 Å². The minimum Gasteiger partial charge on any atom is -0.493 e. The molecule has 1 N–H and O–H groups in total. The van der Waals surface area contributed by atoms with Crippen molar-refractivity contribution in [2.24, 2.45) is 0 Å². The number of hydrogen-bond donors (Lipinski definition) is 1. The fourth-order valence-corrected chi connectivity index (χ4v) is 4.92. The highest BCUT2D eigenvalue weighted by atomic mass is 32.1. The van der Waals surface area contributed by atoms with Gasteiger partial charge in [0.15, 0.2) is 0 Å². The van der Waals surface area contributed by atoms with Crippen LogP contribution in [0.15, 0.2) is 48.7 Å². The van der Waals surface area contributed by atoms with Crippen molar-refractivity contribution in [3.05, 3.63) is 65.1 Å². The van der Waals surface area contributed by atoms with Gasteiger partial charge < -0.3 is 9.72 Å². The van der Waals surface area contributed by atoms with Crippen LogP contribution in [0.5, 0.6) is 5.75 Å². The Bertz CT molecular complexity index is 1230. The summed E-state index contributed by atoms with van der Waals surface area (Å²) >= 11 is 1.71. The Balaban J connectivity index is 1.14. The predicted molar refractivity (Wildman–Crippen MR) is 122 cm³/mol. The lowest BCUT2D eigenvalue weighted by atomic mass is 9.99. The number of fused-ring (bicyclic) bond motifs is 2. The molecule has 2 aromatic heterocycles. The van der Waals surface area contributed by atoms with Gasteiger partial charge in [-0.25, -0.2) is 9.37 Å². The molecule has 4 aromatic rings. The standard InChI is InChI=1S/C24H24FN3OS/c1-16-27-23-14-19(4-6-24(23)30-16)29-12-2-9-28-10-7-17(8-11-28)21-15-26-22-5-3-18(25)13-20(21)22/h3-7,13-15,26H,2,8-12H2,1H3. The molecule has 3 heterocycles. The molecular weight excluding hydrogens is 397 g/mol. The number of rotatable bonds is 6. The smallest absolute Gasteiger partial charge is 0.123 e. The van der Waals surface area contributed by atoms with Crippen molar-refractivity contribution >= 4 is 38.0 Å². The zero-order chi connectivity index (χ0) is 20.5. The number of halogens is 1. The highest BCUT2D eigenvalue weighted by molar-refractivity contribution is 7.18. The van der Waals surface area contributed by atoms with E-state index in [0.29, 0.717) is 6.61 Å². The Hall–Kier alpha value is -2.70. The van der Waals surface area contributed by atoms with Gasteiger partial charge in [0.25, 0.3) is 0 Å². The first-order chi connectivity index (χ1) is 14.7. The lowest BCUT2D eigenvalue weighted by Gasteiger charge is -2.26. The Morgan fingerprint density at radius 1 is 1.23 bits per heavy atom. The Kier molecular flexibility index (Phi) is 5.27. The van der Waals surface area contributed by atoms with Crippen molar-refractivity contribution in [3.8, 4) is 5.75 Å². The molecule has 0 fully saturated rings. The molecule has 0 saturated carbocycles. The Morgan fingerprint density at radius 2 is 2.17 bits per heavy atom. The number of thiazole rings is 1. The van der Waals surface area contributed by atoms with Crippen LogP contribution in [0.2, 0.25) is 0 Å². The van der Waals surface area contributed by atoms with Crippen LogP contribution >= 0.6 is 11.3 Å². The van der Waals surface area contributed by atoms with E-state index in [1.54, 1.807) is 23.5 Å². The minimum absolute atomic E-state index is 0.189. The number of hydrogen-bond acceptors (Lipinski definition) is 4. The zero-order valence-corrected chi connectivity index (χ0v) is 17.8. The SMILES string of the molecule is Cc1nc2cc(OCCCN3CC=C(c4c[nH]c5ccc(F)cc45)CC3)ccc2s1. The largest absolute Gasteiger partial charge is 0.493 e. The van der Waals surface area contributed by atoms with Crippen molar-refractivity contribution in [1.82, 2.24) is 14.9 Å². The third kappa shape index (κ3) is 3.98. The number of H-pyrrole nitrogens is 1. The van der Waals surface area contributed by atoms with Crippen LogP contribution in [0, 0.1) is 12.7 Å². The van der Waals surface area contributed by atoms with Gasteiger partial charge in [0.2, 0.25) is 0 Å². The summed E-state index contributed by atoms with van der Waals surface area (Å²) in [5.74, 6) is 0.700. The molecule has 0 spiro atoms. The van der Waals surface area contributed by atoms with Gasteiger partial charge in [0.1, 0.15) is 11.6 Å². The monoisotopic (exact) mass is 421 g/mol. The summed E-state index contributed by atoms with van der Waals surface area (Å²) in [6.07, 6.45) is 6.23. The maximum atomic E-state index is 13.6. The van der Waals surface area contributed by atoms with Gasteiger partial charge in [0.05, 0.1) is 21.8 Å². The zero-order valence-electron chi connectivity index (χ0n) is 17.0. The van der Waals surface area contributed by atoms with Crippen LogP contribution in [0.3, 0.4) is 0 Å². The van der Waals surface area contributed by atoms with E-state index < -0.39 is 0 Å². The van der Waals surface area contributed by atoms with Gasteiger partial charge in [-0.3, -0.25) is 4.90 Å². The van der Waals surface area contributed by atoms with Crippen LogP contribution in [-0.2, 0) is 0 Å². The maximum absolute atomic E-state index is 13.6. The molecule has 1 aliphatic rings. The van der Waals surface area contributed by atoms with E-state index in [4.69, 9.17) is 4.74 Å². The fourth-order valence-electron chi connectivity index (χ4n) is 4.11. The summed E-state index contributed by atoms with van der Waals surface area (Å²) in [5, 5.41) is 2.05. The molecule has 0 unspecified atom stereocenters. The van der Waals surface area contributed by atoms with E-state index in [0.717, 1.165) is 65.2 Å². The molecule has 0 amide bonds.